The molecular weight excluding hydrogens is 345 g/mol. The molecule has 0 N–H and O–H groups in total. The first kappa shape index (κ1) is 19.7. The van der Waals surface area contributed by atoms with Gasteiger partial charge in [0.1, 0.15) is 11.6 Å². The molecule has 1 aliphatic heterocycles. The highest BCUT2D eigenvalue weighted by atomic mass is 19.1. The maximum absolute atomic E-state index is 14.3. The van der Waals surface area contributed by atoms with Gasteiger partial charge in [0, 0.05) is 50.7 Å². The number of rotatable bonds is 9. The summed E-state index contributed by atoms with van der Waals surface area (Å²) in [4.78, 5) is 8.90. The van der Waals surface area contributed by atoms with Crippen molar-refractivity contribution in [1.29, 1.82) is 0 Å². The smallest absolute Gasteiger partial charge is 0.127 e. The molecule has 3 rings (SSSR count). The third-order valence-corrected chi connectivity index (χ3v) is 4.83. The molecule has 2 aromatic rings. The van der Waals surface area contributed by atoms with E-state index in [0.717, 1.165) is 57.9 Å². The second-order valence-corrected chi connectivity index (χ2v) is 6.84. The van der Waals surface area contributed by atoms with Crippen LogP contribution in [0, 0.1) is 5.82 Å². The van der Waals surface area contributed by atoms with E-state index in [-0.39, 0.29) is 5.82 Å². The Morgan fingerprint density at radius 1 is 1.22 bits per heavy atom. The molecule has 0 amide bonds. The van der Waals surface area contributed by atoms with Crippen molar-refractivity contribution in [2.45, 2.75) is 19.5 Å². The molecule has 2 heterocycles. The number of hydrogen-bond acceptors (Lipinski definition) is 5. The van der Waals surface area contributed by atoms with Crippen molar-refractivity contribution in [3.8, 4) is 5.75 Å². The highest BCUT2D eigenvalue weighted by molar-refractivity contribution is 5.29. The van der Waals surface area contributed by atoms with E-state index in [9.17, 15) is 4.39 Å². The summed E-state index contributed by atoms with van der Waals surface area (Å²) in [7, 11) is 1.60. The van der Waals surface area contributed by atoms with Gasteiger partial charge in [-0.2, -0.15) is 0 Å². The van der Waals surface area contributed by atoms with Crippen molar-refractivity contribution in [2.75, 3.05) is 46.5 Å². The SMILES string of the molecule is COc1ccc(F)c(CN(CCCN2CCOCC2)Cc2cccnc2)c1. The molecule has 146 valence electrons. The Kier molecular flexibility index (Phi) is 7.56. The minimum atomic E-state index is -0.194. The van der Waals surface area contributed by atoms with Gasteiger partial charge in [0.15, 0.2) is 0 Å². The molecule has 5 nitrogen and oxygen atoms in total. The van der Waals surface area contributed by atoms with Crippen LogP contribution in [0.25, 0.3) is 0 Å². The van der Waals surface area contributed by atoms with E-state index in [1.807, 2.05) is 12.3 Å². The quantitative estimate of drug-likeness (QED) is 0.676. The van der Waals surface area contributed by atoms with Gasteiger partial charge in [-0.05, 0) is 42.8 Å². The molecule has 0 atom stereocenters. The molecule has 0 spiro atoms. The van der Waals surface area contributed by atoms with Crippen LogP contribution in [0.2, 0.25) is 0 Å². The van der Waals surface area contributed by atoms with Crippen LogP contribution in [-0.2, 0) is 17.8 Å². The van der Waals surface area contributed by atoms with Gasteiger partial charge in [0.25, 0.3) is 0 Å². The minimum absolute atomic E-state index is 0.194. The van der Waals surface area contributed by atoms with Crippen molar-refractivity contribution < 1.29 is 13.9 Å². The van der Waals surface area contributed by atoms with E-state index < -0.39 is 0 Å². The molecule has 27 heavy (non-hydrogen) atoms. The van der Waals surface area contributed by atoms with Crippen LogP contribution in [0.15, 0.2) is 42.7 Å². The van der Waals surface area contributed by atoms with Crippen LogP contribution in [0.1, 0.15) is 17.5 Å². The summed E-state index contributed by atoms with van der Waals surface area (Å²) in [6.45, 7) is 6.83. The van der Waals surface area contributed by atoms with E-state index in [0.29, 0.717) is 17.9 Å². The first-order valence-corrected chi connectivity index (χ1v) is 9.48. The summed E-state index contributed by atoms with van der Waals surface area (Å²) in [6.07, 6.45) is 4.68. The summed E-state index contributed by atoms with van der Waals surface area (Å²) < 4.78 is 25.0. The normalized spacial score (nSPS) is 15.2. The standard InChI is InChI=1S/C21H28FN3O2/c1-26-20-5-6-21(22)19(14-20)17-25(16-18-4-2-7-23-15-18)9-3-8-24-10-12-27-13-11-24/h2,4-7,14-15H,3,8-13,16-17H2,1H3. The molecule has 1 aromatic heterocycles. The molecule has 0 unspecified atom stereocenters. The second-order valence-electron chi connectivity index (χ2n) is 6.84. The molecule has 0 saturated carbocycles. The Hall–Kier alpha value is -2.02. The Morgan fingerprint density at radius 2 is 2.07 bits per heavy atom. The largest absolute Gasteiger partial charge is 0.497 e. The fourth-order valence-corrected chi connectivity index (χ4v) is 3.35. The molecule has 0 aliphatic carbocycles. The minimum Gasteiger partial charge on any atom is -0.497 e. The molecule has 0 bridgehead atoms. The van der Waals surface area contributed by atoms with Crippen molar-refractivity contribution in [1.82, 2.24) is 14.8 Å². The Morgan fingerprint density at radius 3 is 2.81 bits per heavy atom. The lowest BCUT2D eigenvalue weighted by molar-refractivity contribution is 0.0358. The van der Waals surface area contributed by atoms with Gasteiger partial charge in [-0.25, -0.2) is 4.39 Å². The van der Waals surface area contributed by atoms with Gasteiger partial charge in [-0.3, -0.25) is 14.8 Å². The predicted molar refractivity (Wildman–Crippen MR) is 103 cm³/mol. The number of ether oxygens (including phenoxy) is 2. The van der Waals surface area contributed by atoms with Gasteiger partial charge in [0.05, 0.1) is 20.3 Å². The third-order valence-electron chi connectivity index (χ3n) is 4.83. The Balaban J connectivity index is 1.63. The van der Waals surface area contributed by atoms with E-state index in [1.54, 1.807) is 25.4 Å². The number of halogens is 1. The first-order chi connectivity index (χ1) is 13.2. The second kappa shape index (κ2) is 10.3. The highest BCUT2D eigenvalue weighted by Gasteiger charge is 2.14. The van der Waals surface area contributed by atoms with Crippen LogP contribution >= 0.6 is 0 Å². The van der Waals surface area contributed by atoms with Gasteiger partial charge in [0.2, 0.25) is 0 Å². The zero-order valence-electron chi connectivity index (χ0n) is 15.9. The van der Waals surface area contributed by atoms with Gasteiger partial charge >= 0.3 is 0 Å². The number of benzene rings is 1. The molecule has 0 radical (unpaired) electrons. The van der Waals surface area contributed by atoms with Crippen molar-refractivity contribution >= 4 is 0 Å². The number of aromatic nitrogens is 1. The average Bonchev–Trinajstić information content (AvgIpc) is 2.71. The number of pyridine rings is 1. The predicted octanol–water partition coefficient (Wildman–Crippen LogP) is 2.95. The van der Waals surface area contributed by atoms with Crippen LogP contribution in [0.5, 0.6) is 5.75 Å². The maximum Gasteiger partial charge on any atom is 0.127 e. The molecule has 1 aliphatic rings. The van der Waals surface area contributed by atoms with Crippen molar-refractivity contribution in [3.05, 3.63) is 59.7 Å². The summed E-state index contributed by atoms with van der Waals surface area (Å²) in [5.74, 6) is 0.487. The third kappa shape index (κ3) is 6.27. The van der Waals surface area contributed by atoms with E-state index in [2.05, 4.69) is 20.9 Å². The number of nitrogens with zero attached hydrogens (tertiary/aromatic N) is 3. The average molecular weight is 373 g/mol. The number of methoxy groups -OCH3 is 1. The lowest BCUT2D eigenvalue weighted by Crippen LogP contribution is -2.38. The first-order valence-electron chi connectivity index (χ1n) is 9.48. The lowest BCUT2D eigenvalue weighted by atomic mass is 10.1. The molecular formula is C21H28FN3O2. The summed E-state index contributed by atoms with van der Waals surface area (Å²) in [6, 6.07) is 8.91. The molecule has 6 heteroatoms. The summed E-state index contributed by atoms with van der Waals surface area (Å²) in [5.41, 5.74) is 1.79. The monoisotopic (exact) mass is 373 g/mol. The van der Waals surface area contributed by atoms with Crippen molar-refractivity contribution in [2.24, 2.45) is 0 Å². The van der Waals surface area contributed by atoms with Crippen molar-refractivity contribution in [3.63, 3.8) is 0 Å². The summed E-state index contributed by atoms with van der Waals surface area (Å²) in [5, 5.41) is 0. The molecule has 1 fully saturated rings. The van der Waals surface area contributed by atoms with E-state index >= 15 is 0 Å². The maximum atomic E-state index is 14.3. The van der Waals surface area contributed by atoms with E-state index in [4.69, 9.17) is 9.47 Å². The van der Waals surface area contributed by atoms with Crippen LogP contribution < -0.4 is 4.74 Å². The van der Waals surface area contributed by atoms with Crippen LogP contribution in [0.4, 0.5) is 4.39 Å². The van der Waals surface area contributed by atoms with E-state index in [1.165, 1.54) is 6.07 Å². The van der Waals surface area contributed by atoms with Crippen LogP contribution in [0.3, 0.4) is 0 Å². The van der Waals surface area contributed by atoms with Gasteiger partial charge in [-0.15, -0.1) is 0 Å². The Bertz CT molecular complexity index is 693. The Labute approximate surface area is 160 Å². The topological polar surface area (TPSA) is 37.8 Å². The van der Waals surface area contributed by atoms with Gasteiger partial charge < -0.3 is 9.47 Å². The lowest BCUT2D eigenvalue weighted by Gasteiger charge is -2.28. The fourth-order valence-electron chi connectivity index (χ4n) is 3.35. The molecule has 1 saturated heterocycles. The highest BCUT2D eigenvalue weighted by Crippen LogP contribution is 2.19. The zero-order chi connectivity index (χ0) is 18.9. The molecule has 1 aromatic carbocycles. The van der Waals surface area contributed by atoms with Gasteiger partial charge in [-0.1, -0.05) is 6.07 Å². The number of hydrogen-bond donors (Lipinski definition) is 0. The zero-order valence-corrected chi connectivity index (χ0v) is 15.9. The number of morpholine rings is 1. The van der Waals surface area contributed by atoms with Crippen LogP contribution in [-0.4, -0.2) is 61.3 Å². The summed E-state index contributed by atoms with van der Waals surface area (Å²) >= 11 is 0. The fraction of sp³-hybridized carbons (Fsp3) is 0.476.